The van der Waals surface area contributed by atoms with Crippen LogP contribution >= 0.6 is 23.2 Å². The van der Waals surface area contributed by atoms with Gasteiger partial charge in [-0.1, -0.05) is 23.2 Å². The fourth-order valence-electron chi connectivity index (χ4n) is 3.25. The molecule has 7 nitrogen and oxygen atoms in total. The topological polar surface area (TPSA) is 101 Å². The Balaban J connectivity index is 1.93. The number of nitrogens with one attached hydrogen (secondary N) is 1. The van der Waals surface area contributed by atoms with Gasteiger partial charge in [0.1, 0.15) is 29.6 Å². The zero-order chi connectivity index (χ0) is 27.4. The van der Waals surface area contributed by atoms with E-state index in [1.807, 2.05) is 5.32 Å². The van der Waals surface area contributed by atoms with Crippen LogP contribution in [0.15, 0.2) is 48.5 Å². The molecule has 0 aliphatic rings. The van der Waals surface area contributed by atoms with E-state index in [9.17, 15) is 27.5 Å². The normalized spacial score (nSPS) is 13.1. The number of methoxy groups -OCH3 is 1. The van der Waals surface area contributed by atoms with Gasteiger partial charge in [-0.05, 0) is 48.5 Å². The van der Waals surface area contributed by atoms with Crippen molar-refractivity contribution in [1.29, 1.82) is 0 Å². The summed E-state index contributed by atoms with van der Waals surface area (Å²) in [4.78, 5) is 16.5. The molecule has 2 aromatic carbocycles. The molecular weight excluding hydrogens is 543 g/mol. The molecule has 1 heterocycles. The molecule has 1 unspecified atom stereocenters. The minimum Gasteiger partial charge on any atom is -0.494 e. The first-order valence-corrected chi connectivity index (χ1v) is 11.3. The fourth-order valence-corrected chi connectivity index (χ4v) is 3.67. The Labute approximate surface area is 218 Å². The van der Waals surface area contributed by atoms with E-state index in [2.05, 4.69) is 4.98 Å². The van der Waals surface area contributed by atoms with Crippen molar-refractivity contribution in [3.63, 3.8) is 0 Å². The Morgan fingerprint density at radius 2 is 1.76 bits per heavy atom. The third-order valence-electron chi connectivity index (χ3n) is 5.21. The number of carbonyl (C=O) groups is 1. The van der Waals surface area contributed by atoms with E-state index in [-0.39, 0.29) is 51.6 Å². The lowest BCUT2D eigenvalue weighted by Gasteiger charge is -2.30. The number of aromatic nitrogens is 1. The number of carbonyl (C=O) groups excluding carboxylic acids is 1. The second-order valence-electron chi connectivity index (χ2n) is 7.63. The van der Waals surface area contributed by atoms with Gasteiger partial charge in [-0.2, -0.15) is 13.2 Å². The molecule has 0 radical (unpaired) electrons. The summed E-state index contributed by atoms with van der Waals surface area (Å²) in [6.07, 6.45) is -5.26. The Bertz CT molecular complexity index is 1290. The highest BCUT2D eigenvalue weighted by Gasteiger charge is 2.56. The van der Waals surface area contributed by atoms with Gasteiger partial charge in [-0.3, -0.25) is 4.79 Å². The molecule has 3 aromatic rings. The molecule has 13 heteroatoms. The van der Waals surface area contributed by atoms with Crippen LogP contribution in [-0.4, -0.2) is 54.1 Å². The molecule has 1 aromatic heterocycles. The summed E-state index contributed by atoms with van der Waals surface area (Å²) in [5, 5.41) is 21.3. The SMILES string of the molecule is COc1ccc(C(O)(CNC(=O)c2ccc(OCCO)c(Cl)c2)C(F)(F)F)nc1-c1ccc(F)c(Cl)c1. The zero-order valence-corrected chi connectivity index (χ0v) is 20.6. The minimum atomic E-state index is -5.26. The van der Waals surface area contributed by atoms with E-state index >= 15 is 0 Å². The highest BCUT2D eigenvalue weighted by molar-refractivity contribution is 6.32. The summed E-state index contributed by atoms with van der Waals surface area (Å²) in [5.41, 5.74) is -4.56. The Morgan fingerprint density at radius 3 is 2.35 bits per heavy atom. The van der Waals surface area contributed by atoms with Crippen molar-refractivity contribution in [1.82, 2.24) is 10.3 Å². The van der Waals surface area contributed by atoms with E-state index in [1.54, 1.807) is 0 Å². The van der Waals surface area contributed by atoms with Crippen molar-refractivity contribution in [2.75, 3.05) is 26.9 Å². The predicted octanol–water partition coefficient (Wildman–Crippen LogP) is 4.75. The van der Waals surface area contributed by atoms with Crippen molar-refractivity contribution in [3.8, 4) is 22.8 Å². The fraction of sp³-hybridized carbons (Fsp3) is 0.250. The van der Waals surface area contributed by atoms with Crippen molar-refractivity contribution < 1.29 is 42.0 Å². The molecule has 0 aliphatic heterocycles. The molecule has 3 rings (SSSR count). The van der Waals surface area contributed by atoms with Gasteiger partial charge in [0, 0.05) is 11.1 Å². The minimum absolute atomic E-state index is 0.00777. The lowest BCUT2D eigenvalue weighted by molar-refractivity contribution is -0.265. The Morgan fingerprint density at radius 1 is 1.05 bits per heavy atom. The maximum Gasteiger partial charge on any atom is 0.424 e. The summed E-state index contributed by atoms with van der Waals surface area (Å²) in [6.45, 7) is -1.62. The molecule has 37 heavy (non-hydrogen) atoms. The van der Waals surface area contributed by atoms with Crippen LogP contribution in [0, 0.1) is 5.82 Å². The molecule has 3 N–H and O–H groups in total. The third kappa shape index (κ3) is 6.24. The molecular formula is C24H20Cl2F4N2O5. The third-order valence-corrected chi connectivity index (χ3v) is 5.80. The molecule has 0 saturated heterocycles. The Hall–Kier alpha value is -3.12. The smallest absolute Gasteiger partial charge is 0.424 e. The van der Waals surface area contributed by atoms with Gasteiger partial charge in [-0.25, -0.2) is 9.37 Å². The number of benzene rings is 2. The lowest BCUT2D eigenvalue weighted by atomic mass is 9.96. The van der Waals surface area contributed by atoms with Crippen LogP contribution in [-0.2, 0) is 5.60 Å². The number of nitrogens with zero attached hydrogens (tertiary/aromatic N) is 1. The van der Waals surface area contributed by atoms with Crippen LogP contribution in [0.1, 0.15) is 16.1 Å². The van der Waals surface area contributed by atoms with Crippen LogP contribution in [0.25, 0.3) is 11.3 Å². The molecule has 0 aliphatic carbocycles. The quantitative estimate of drug-likeness (QED) is 0.325. The maximum atomic E-state index is 14.1. The number of aliphatic hydroxyl groups excluding tert-OH is 1. The highest BCUT2D eigenvalue weighted by Crippen LogP contribution is 2.40. The summed E-state index contributed by atoms with van der Waals surface area (Å²) in [7, 11) is 1.26. The standard InChI is InChI=1S/C24H20Cl2F4N2O5/c1-36-19-6-7-20(32-21(19)13-2-4-17(27)15(25)10-13)23(35,24(28,29)30)12-31-22(34)14-3-5-18(16(26)11-14)37-9-8-33/h2-7,10-11,33,35H,8-9,12H2,1H3,(H,31,34). The summed E-state index contributed by atoms with van der Waals surface area (Å²) >= 11 is 11.8. The van der Waals surface area contributed by atoms with E-state index < -0.39 is 35.7 Å². The van der Waals surface area contributed by atoms with Gasteiger partial charge in [0.25, 0.3) is 5.91 Å². The van der Waals surface area contributed by atoms with Crippen molar-refractivity contribution in [3.05, 3.63) is 75.7 Å². The number of rotatable bonds is 9. The zero-order valence-electron chi connectivity index (χ0n) is 19.1. The van der Waals surface area contributed by atoms with Crippen LogP contribution in [0.4, 0.5) is 17.6 Å². The molecule has 1 atom stereocenters. The number of hydrogen-bond acceptors (Lipinski definition) is 6. The lowest BCUT2D eigenvalue weighted by Crippen LogP contribution is -2.51. The summed E-state index contributed by atoms with van der Waals surface area (Å²) in [6, 6.07) is 9.18. The van der Waals surface area contributed by atoms with Gasteiger partial charge in [-0.15, -0.1) is 0 Å². The van der Waals surface area contributed by atoms with Gasteiger partial charge >= 0.3 is 6.18 Å². The van der Waals surface area contributed by atoms with E-state index in [0.29, 0.717) is 0 Å². The van der Waals surface area contributed by atoms with Crippen LogP contribution in [0.2, 0.25) is 10.0 Å². The molecule has 198 valence electrons. The number of amides is 1. The number of halogens is 6. The molecule has 0 saturated carbocycles. The van der Waals surface area contributed by atoms with Gasteiger partial charge in [0.05, 0.1) is 36.0 Å². The summed E-state index contributed by atoms with van der Waals surface area (Å²) < 4.78 is 66.3. The first-order chi connectivity index (χ1) is 17.4. The first kappa shape index (κ1) is 28.5. The number of ether oxygens (including phenoxy) is 2. The highest BCUT2D eigenvalue weighted by atomic mass is 35.5. The van der Waals surface area contributed by atoms with E-state index in [4.69, 9.17) is 37.8 Å². The monoisotopic (exact) mass is 562 g/mol. The van der Waals surface area contributed by atoms with Crippen molar-refractivity contribution in [2.24, 2.45) is 0 Å². The van der Waals surface area contributed by atoms with Crippen LogP contribution in [0.5, 0.6) is 11.5 Å². The number of hydrogen-bond donors (Lipinski definition) is 3. The first-order valence-electron chi connectivity index (χ1n) is 10.5. The Kier molecular flexibility index (Phi) is 8.85. The number of pyridine rings is 1. The van der Waals surface area contributed by atoms with Gasteiger partial charge in [0.15, 0.2) is 0 Å². The maximum absolute atomic E-state index is 14.1. The second-order valence-corrected chi connectivity index (χ2v) is 8.45. The second kappa shape index (κ2) is 11.5. The molecule has 0 bridgehead atoms. The molecule has 0 fully saturated rings. The van der Waals surface area contributed by atoms with Crippen molar-refractivity contribution >= 4 is 29.1 Å². The number of aliphatic hydroxyl groups is 2. The van der Waals surface area contributed by atoms with E-state index in [0.717, 1.165) is 30.3 Å². The van der Waals surface area contributed by atoms with E-state index in [1.165, 1.54) is 25.3 Å². The average Bonchev–Trinajstić information content (AvgIpc) is 2.86. The van der Waals surface area contributed by atoms with Crippen molar-refractivity contribution in [2.45, 2.75) is 11.8 Å². The van der Waals surface area contributed by atoms with Gasteiger partial charge < -0.3 is 25.0 Å². The summed E-state index contributed by atoms with van der Waals surface area (Å²) in [5.74, 6) is -1.51. The molecule has 0 spiro atoms. The largest absolute Gasteiger partial charge is 0.494 e. The predicted molar refractivity (Wildman–Crippen MR) is 128 cm³/mol. The van der Waals surface area contributed by atoms with Gasteiger partial charge in [0.2, 0.25) is 5.60 Å². The van der Waals surface area contributed by atoms with Crippen LogP contribution in [0.3, 0.4) is 0 Å². The average molecular weight is 563 g/mol. The number of alkyl halides is 3. The van der Waals surface area contributed by atoms with Crippen LogP contribution < -0.4 is 14.8 Å². The molecule has 1 amide bonds.